The second-order valence-corrected chi connectivity index (χ2v) is 12.4. The number of aromatic nitrogens is 1. The van der Waals surface area contributed by atoms with E-state index >= 15 is 0 Å². The van der Waals surface area contributed by atoms with Crippen LogP contribution in [0.25, 0.3) is 0 Å². The Morgan fingerprint density at radius 1 is 0.830 bits per heavy atom. The minimum absolute atomic E-state index is 0.0402. The predicted molar refractivity (Wildman–Crippen MR) is 206 cm³/mol. The molecule has 0 saturated carbocycles. The molecule has 1 aromatic heterocycles. The van der Waals surface area contributed by atoms with Crippen LogP contribution in [0.1, 0.15) is 66.1 Å². The van der Waals surface area contributed by atoms with Crippen LogP contribution >= 0.6 is 0 Å². The van der Waals surface area contributed by atoms with E-state index in [1.807, 2.05) is 72.8 Å². The maximum Gasteiger partial charge on any atom is 0.323 e. The van der Waals surface area contributed by atoms with Gasteiger partial charge in [-0.1, -0.05) is 73.5 Å². The lowest BCUT2D eigenvalue weighted by Crippen LogP contribution is -2.35. The van der Waals surface area contributed by atoms with Gasteiger partial charge in [0.1, 0.15) is 31.7 Å². The molecule has 4 aromatic rings. The van der Waals surface area contributed by atoms with Gasteiger partial charge in [-0.05, 0) is 85.3 Å². The number of nitrogens with two attached hydrogens (primary N) is 2. The summed E-state index contributed by atoms with van der Waals surface area (Å²) in [7, 11) is 0. The molecule has 0 saturated heterocycles. The van der Waals surface area contributed by atoms with Gasteiger partial charge in [-0.3, -0.25) is 19.3 Å². The minimum Gasteiger partial charge on any atom is -0.462 e. The number of unbranched alkanes of at least 4 members (excludes halogenated alkanes) is 3. The molecule has 280 valence electrons. The molecule has 4 rings (SSSR count). The highest BCUT2D eigenvalue weighted by atomic mass is 16.6. The van der Waals surface area contributed by atoms with Gasteiger partial charge in [-0.15, -0.1) is 0 Å². The standard InChI is InChI=1S/C41H50N6O6/c1-2-3-4-10-26-53-46-39(43)33-17-19-35(20-18-33)44-24-21-32-14-11-15-34(29-32)40(49)47(37-16-8-9-23-45-37)25-22-38(48)51-27-28-52-41(50)36(42)30-31-12-6-5-7-13-31/h5-9,11-20,23,29,36,44H,2-4,10,21-22,24-28,30,42H2,1H3,(H2,43,46)/t36-/m0/s1. The van der Waals surface area contributed by atoms with Crippen molar-refractivity contribution in [1.29, 1.82) is 0 Å². The Bertz CT molecular complexity index is 1740. The third-order valence-corrected chi connectivity index (χ3v) is 8.25. The molecular formula is C41H50N6O6. The first kappa shape index (κ1) is 40.0. The van der Waals surface area contributed by atoms with Gasteiger partial charge in [0.2, 0.25) is 0 Å². The fraction of sp³-hybridized carbons (Fsp3) is 0.341. The molecule has 0 bridgehead atoms. The number of oxime groups is 1. The lowest BCUT2D eigenvalue weighted by molar-refractivity contribution is -0.152. The summed E-state index contributed by atoms with van der Waals surface area (Å²) in [6.07, 6.45) is 6.93. The summed E-state index contributed by atoms with van der Waals surface area (Å²) in [6.45, 7) is 3.14. The summed E-state index contributed by atoms with van der Waals surface area (Å²) >= 11 is 0. The van der Waals surface area contributed by atoms with Crippen LogP contribution in [0.4, 0.5) is 11.5 Å². The van der Waals surface area contributed by atoms with Crippen LogP contribution in [0, 0.1) is 0 Å². The molecule has 0 aliphatic carbocycles. The van der Waals surface area contributed by atoms with Crippen LogP contribution in [-0.2, 0) is 36.7 Å². The molecule has 1 atom stereocenters. The molecular weight excluding hydrogens is 672 g/mol. The SMILES string of the molecule is CCCCCCON=C(N)c1ccc(NCCc2cccc(C(=O)N(CCC(=O)OCCOC(=O)[C@@H](N)Cc3ccccc3)c3ccccn3)c2)cc1. The summed E-state index contributed by atoms with van der Waals surface area (Å²) in [5.74, 6) is -0.672. The third kappa shape index (κ3) is 14.1. The van der Waals surface area contributed by atoms with Crippen LogP contribution in [-0.4, -0.2) is 67.6 Å². The van der Waals surface area contributed by atoms with Gasteiger partial charge >= 0.3 is 11.9 Å². The van der Waals surface area contributed by atoms with Gasteiger partial charge in [0.25, 0.3) is 5.91 Å². The summed E-state index contributed by atoms with van der Waals surface area (Å²) in [6, 6.07) is 28.8. The quantitative estimate of drug-likeness (QED) is 0.0303. The molecule has 0 spiro atoms. The number of esters is 2. The van der Waals surface area contributed by atoms with Crippen molar-refractivity contribution in [1.82, 2.24) is 4.98 Å². The Morgan fingerprint density at radius 3 is 2.34 bits per heavy atom. The molecule has 12 nitrogen and oxygen atoms in total. The smallest absolute Gasteiger partial charge is 0.323 e. The molecule has 0 radical (unpaired) electrons. The van der Waals surface area contributed by atoms with E-state index in [2.05, 4.69) is 22.4 Å². The number of ether oxygens (including phenoxy) is 2. The second kappa shape index (κ2) is 22.2. The Hall–Kier alpha value is -5.75. The van der Waals surface area contributed by atoms with E-state index in [1.165, 1.54) is 17.7 Å². The highest BCUT2D eigenvalue weighted by Gasteiger charge is 2.21. The zero-order valence-corrected chi connectivity index (χ0v) is 30.3. The normalized spacial score (nSPS) is 11.7. The largest absolute Gasteiger partial charge is 0.462 e. The molecule has 1 amide bonds. The predicted octanol–water partition coefficient (Wildman–Crippen LogP) is 5.65. The highest BCUT2D eigenvalue weighted by molar-refractivity contribution is 6.06. The molecule has 0 aliphatic heterocycles. The zero-order valence-electron chi connectivity index (χ0n) is 30.3. The summed E-state index contributed by atoms with van der Waals surface area (Å²) < 4.78 is 10.5. The van der Waals surface area contributed by atoms with Crippen molar-refractivity contribution in [3.8, 4) is 0 Å². The van der Waals surface area contributed by atoms with Gasteiger partial charge in [0.05, 0.1) is 6.42 Å². The number of pyridine rings is 1. The average Bonchev–Trinajstić information content (AvgIpc) is 3.19. The van der Waals surface area contributed by atoms with Crippen LogP contribution in [0.3, 0.4) is 0 Å². The lowest BCUT2D eigenvalue weighted by Gasteiger charge is -2.22. The molecule has 53 heavy (non-hydrogen) atoms. The Morgan fingerprint density at radius 2 is 1.58 bits per heavy atom. The van der Waals surface area contributed by atoms with Gasteiger partial charge < -0.3 is 31.1 Å². The molecule has 0 unspecified atom stereocenters. The van der Waals surface area contributed by atoms with Crippen LogP contribution in [0.15, 0.2) is 108 Å². The van der Waals surface area contributed by atoms with Crippen molar-refractivity contribution >= 4 is 35.2 Å². The Kier molecular flexibility index (Phi) is 16.8. The summed E-state index contributed by atoms with van der Waals surface area (Å²) in [4.78, 5) is 49.8. The molecule has 0 aliphatic rings. The minimum atomic E-state index is -0.824. The first-order valence-electron chi connectivity index (χ1n) is 18.1. The molecule has 12 heteroatoms. The van der Waals surface area contributed by atoms with Gasteiger partial charge in [-0.25, -0.2) is 4.98 Å². The van der Waals surface area contributed by atoms with Crippen molar-refractivity contribution in [3.63, 3.8) is 0 Å². The molecule has 1 heterocycles. The van der Waals surface area contributed by atoms with E-state index < -0.39 is 18.0 Å². The second-order valence-electron chi connectivity index (χ2n) is 12.4. The van der Waals surface area contributed by atoms with E-state index in [9.17, 15) is 14.4 Å². The number of carbonyl (C=O) groups is 3. The monoisotopic (exact) mass is 722 g/mol. The number of hydrogen-bond donors (Lipinski definition) is 3. The van der Waals surface area contributed by atoms with Gasteiger partial charge in [0, 0.05) is 36.1 Å². The number of rotatable bonds is 22. The zero-order chi connectivity index (χ0) is 37.7. The number of nitrogens with zero attached hydrogens (tertiary/aromatic N) is 3. The lowest BCUT2D eigenvalue weighted by atomic mass is 10.1. The van der Waals surface area contributed by atoms with Crippen molar-refractivity contribution in [2.75, 3.05) is 43.1 Å². The Balaban J connectivity index is 1.24. The van der Waals surface area contributed by atoms with E-state index in [0.29, 0.717) is 43.2 Å². The number of amides is 1. The number of anilines is 2. The summed E-state index contributed by atoms with van der Waals surface area (Å²) in [5, 5.41) is 7.43. The number of carbonyl (C=O) groups excluding carboxylic acids is 3. The van der Waals surface area contributed by atoms with Gasteiger partial charge in [0.15, 0.2) is 5.84 Å². The maximum atomic E-state index is 13.8. The maximum absolute atomic E-state index is 13.8. The van der Waals surface area contributed by atoms with E-state index in [-0.39, 0.29) is 32.1 Å². The third-order valence-electron chi connectivity index (χ3n) is 8.25. The van der Waals surface area contributed by atoms with Crippen molar-refractivity contribution < 1.29 is 28.7 Å². The van der Waals surface area contributed by atoms with Crippen LogP contribution < -0.4 is 21.7 Å². The van der Waals surface area contributed by atoms with E-state index in [4.69, 9.17) is 25.8 Å². The number of nitrogens with one attached hydrogen (secondary N) is 1. The first-order chi connectivity index (χ1) is 25.8. The first-order valence-corrected chi connectivity index (χ1v) is 18.1. The van der Waals surface area contributed by atoms with Crippen LogP contribution in [0.5, 0.6) is 0 Å². The van der Waals surface area contributed by atoms with Crippen LogP contribution in [0.2, 0.25) is 0 Å². The molecule has 0 fully saturated rings. The summed E-state index contributed by atoms with van der Waals surface area (Å²) in [5.41, 5.74) is 16.1. The fourth-order valence-electron chi connectivity index (χ4n) is 5.35. The average molecular weight is 723 g/mol. The van der Waals surface area contributed by atoms with Crippen molar-refractivity contribution in [2.24, 2.45) is 16.6 Å². The molecule has 3 aromatic carbocycles. The Labute approximate surface area is 311 Å². The number of hydrogen-bond acceptors (Lipinski definition) is 10. The van der Waals surface area contributed by atoms with Crippen molar-refractivity contribution in [2.45, 2.75) is 57.9 Å². The fourth-order valence-corrected chi connectivity index (χ4v) is 5.35. The molecule has 5 N–H and O–H groups in total. The van der Waals surface area contributed by atoms with E-state index in [0.717, 1.165) is 35.2 Å². The topological polar surface area (TPSA) is 171 Å². The van der Waals surface area contributed by atoms with Crippen molar-refractivity contribution in [3.05, 3.63) is 126 Å². The number of amidine groups is 1. The highest BCUT2D eigenvalue weighted by Crippen LogP contribution is 2.17. The van der Waals surface area contributed by atoms with E-state index in [1.54, 1.807) is 30.5 Å². The number of benzene rings is 3. The van der Waals surface area contributed by atoms with Gasteiger partial charge in [-0.2, -0.15) is 0 Å².